The summed E-state index contributed by atoms with van der Waals surface area (Å²) in [5.74, 6) is -0.154. The van der Waals surface area contributed by atoms with Gasteiger partial charge in [-0.15, -0.1) is 0 Å². The third kappa shape index (κ3) is 19.5. The summed E-state index contributed by atoms with van der Waals surface area (Å²) in [6.45, 7) is 5.77. The smallest absolute Gasteiger partial charge is 0.302 e. The van der Waals surface area contributed by atoms with Gasteiger partial charge in [-0.25, -0.2) is 0 Å². The number of unbranched alkanes of at least 4 members (excludes halogenated alkanes) is 15. The van der Waals surface area contributed by atoms with Crippen molar-refractivity contribution in [3.8, 4) is 0 Å². The number of rotatable bonds is 18. The fourth-order valence-electron chi connectivity index (χ4n) is 3.32. The highest BCUT2D eigenvalue weighted by Crippen LogP contribution is 2.14. The van der Waals surface area contributed by atoms with Gasteiger partial charge in [-0.1, -0.05) is 103 Å². The van der Waals surface area contributed by atoms with E-state index in [0.717, 1.165) is 6.42 Å². The van der Waals surface area contributed by atoms with Gasteiger partial charge in [-0.2, -0.15) is 0 Å². The van der Waals surface area contributed by atoms with Crippen molar-refractivity contribution in [2.75, 3.05) is 0 Å². The molecule has 0 saturated heterocycles. The van der Waals surface area contributed by atoms with Crippen molar-refractivity contribution in [2.24, 2.45) is 0 Å². The second-order valence-corrected chi connectivity index (χ2v) is 7.51. The van der Waals surface area contributed by atoms with Crippen molar-refractivity contribution in [2.45, 2.75) is 136 Å². The van der Waals surface area contributed by atoms with Crippen molar-refractivity contribution >= 4 is 5.97 Å². The van der Waals surface area contributed by atoms with Gasteiger partial charge in [0.2, 0.25) is 0 Å². The number of hydrogen-bond acceptors (Lipinski definition) is 2. The Balaban J connectivity index is 3.06. The summed E-state index contributed by atoms with van der Waals surface area (Å²) in [6.07, 6.45) is 23.4. The Bertz CT molecular complexity index is 263. The predicted molar refractivity (Wildman–Crippen MR) is 105 cm³/mol. The maximum Gasteiger partial charge on any atom is 0.302 e. The molecular weight excluding hydrogens is 296 g/mol. The highest BCUT2D eigenvalue weighted by atomic mass is 16.5. The Morgan fingerprint density at radius 3 is 1.33 bits per heavy atom. The highest BCUT2D eigenvalue weighted by molar-refractivity contribution is 5.66. The molecule has 0 saturated carbocycles. The lowest BCUT2D eigenvalue weighted by atomic mass is 10.0. The average molecular weight is 341 g/mol. The first kappa shape index (κ1) is 23.5. The van der Waals surface area contributed by atoms with E-state index in [1.54, 1.807) is 0 Å². The number of ether oxygens (including phenoxy) is 1. The summed E-state index contributed by atoms with van der Waals surface area (Å²) in [7, 11) is 0. The molecule has 2 heteroatoms. The van der Waals surface area contributed by atoms with Crippen LogP contribution >= 0.6 is 0 Å². The maximum absolute atomic E-state index is 10.8. The van der Waals surface area contributed by atoms with E-state index in [4.69, 9.17) is 4.74 Å². The maximum atomic E-state index is 10.8. The molecule has 0 aliphatic carbocycles. The normalized spacial score (nSPS) is 12.3. The number of carbonyl (C=O) groups is 1. The molecule has 0 heterocycles. The molecule has 0 spiro atoms. The van der Waals surface area contributed by atoms with Crippen molar-refractivity contribution in [3.05, 3.63) is 0 Å². The SMILES string of the molecule is CCCCCCCCCCCCCCCCCCC(C)OC(C)=O. The van der Waals surface area contributed by atoms with Crippen LogP contribution in [0.2, 0.25) is 0 Å². The lowest BCUT2D eigenvalue weighted by Gasteiger charge is -2.11. The van der Waals surface area contributed by atoms with Crippen LogP contribution in [0.4, 0.5) is 0 Å². The molecule has 24 heavy (non-hydrogen) atoms. The first-order chi connectivity index (χ1) is 11.7. The minimum atomic E-state index is -0.154. The van der Waals surface area contributed by atoms with Crippen LogP contribution in [0.15, 0.2) is 0 Å². The Hall–Kier alpha value is -0.530. The number of esters is 1. The summed E-state index contributed by atoms with van der Waals surface area (Å²) < 4.78 is 5.14. The van der Waals surface area contributed by atoms with E-state index >= 15 is 0 Å². The van der Waals surface area contributed by atoms with Crippen LogP contribution in [0, 0.1) is 0 Å². The first-order valence-corrected chi connectivity index (χ1v) is 10.8. The van der Waals surface area contributed by atoms with E-state index in [0.29, 0.717) is 0 Å². The van der Waals surface area contributed by atoms with Crippen molar-refractivity contribution in [1.29, 1.82) is 0 Å². The van der Waals surface area contributed by atoms with Crippen LogP contribution in [-0.2, 0) is 9.53 Å². The fraction of sp³-hybridized carbons (Fsp3) is 0.955. The van der Waals surface area contributed by atoms with Gasteiger partial charge in [0.25, 0.3) is 0 Å². The lowest BCUT2D eigenvalue weighted by Crippen LogP contribution is -2.11. The molecular formula is C22H44O2. The van der Waals surface area contributed by atoms with E-state index in [2.05, 4.69) is 6.92 Å². The van der Waals surface area contributed by atoms with Crippen LogP contribution in [-0.4, -0.2) is 12.1 Å². The lowest BCUT2D eigenvalue weighted by molar-refractivity contribution is -0.145. The monoisotopic (exact) mass is 340 g/mol. The molecule has 144 valence electrons. The zero-order chi connectivity index (χ0) is 17.9. The van der Waals surface area contributed by atoms with E-state index in [9.17, 15) is 4.79 Å². The quantitative estimate of drug-likeness (QED) is 0.190. The van der Waals surface area contributed by atoms with Crippen LogP contribution in [0.25, 0.3) is 0 Å². The molecule has 0 aromatic rings. The average Bonchev–Trinajstić information content (AvgIpc) is 2.53. The molecule has 1 atom stereocenters. The Kier molecular flexibility index (Phi) is 18.4. The van der Waals surface area contributed by atoms with Gasteiger partial charge in [0, 0.05) is 6.92 Å². The first-order valence-electron chi connectivity index (χ1n) is 10.8. The van der Waals surface area contributed by atoms with E-state index in [-0.39, 0.29) is 12.1 Å². The largest absolute Gasteiger partial charge is 0.463 e. The van der Waals surface area contributed by atoms with Crippen molar-refractivity contribution < 1.29 is 9.53 Å². The minimum Gasteiger partial charge on any atom is -0.463 e. The highest BCUT2D eigenvalue weighted by Gasteiger charge is 2.04. The van der Waals surface area contributed by atoms with E-state index in [1.807, 2.05) is 6.92 Å². The summed E-state index contributed by atoms with van der Waals surface area (Å²) in [4.78, 5) is 10.8. The predicted octanol–water partition coefficient (Wildman–Crippen LogP) is 7.59. The number of carbonyl (C=O) groups excluding carboxylic acids is 1. The molecule has 0 aromatic carbocycles. The Morgan fingerprint density at radius 1 is 0.667 bits per heavy atom. The van der Waals surface area contributed by atoms with Gasteiger partial charge in [0.15, 0.2) is 0 Å². The molecule has 2 nitrogen and oxygen atoms in total. The van der Waals surface area contributed by atoms with Crippen LogP contribution < -0.4 is 0 Å². The van der Waals surface area contributed by atoms with Gasteiger partial charge >= 0.3 is 5.97 Å². The molecule has 0 rings (SSSR count). The van der Waals surface area contributed by atoms with Crippen LogP contribution in [0.1, 0.15) is 130 Å². The molecule has 0 N–H and O–H groups in total. The van der Waals surface area contributed by atoms with E-state index in [1.165, 1.54) is 110 Å². The molecule has 0 fully saturated rings. The molecule has 0 aliphatic heterocycles. The summed E-state index contributed by atoms with van der Waals surface area (Å²) in [6, 6.07) is 0. The zero-order valence-electron chi connectivity index (χ0n) is 16.9. The molecule has 0 aromatic heterocycles. The van der Waals surface area contributed by atoms with E-state index < -0.39 is 0 Å². The van der Waals surface area contributed by atoms with Gasteiger partial charge in [0.05, 0.1) is 6.10 Å². The second kappa shape index (κ2) is 18.8. The van der Waals surface area contributed by atoms with Crippen molar-refractivity contribution in [3.63, 3.8) is 0 Å². The number of hydrogen-bond donors (Lipinski definition) is 0. The molecule has 0 amide bonds. The Morgan fingerprint density at radius 2 is 1.00 bits per heavy atom. The minimum absolute atomic E-state index is 0.0918. The van der Waals surface area contributed by atoms with Gasteiger partial charge in [-0.3, -0.25) is 4.79 Å². The van der Waals surface area contributed by atoms with Gasteiger partial charge in [-0.05, 0) is 19.8 Å². The molecule has 0 bridgehead atoms. The van der Waals surface area contributed by atoms with Crippen LogP contribution in [0.5, 0.6) is 0 Å². The van der Waals surface area contributed by atoms with Crippen LogP contribution in [0.3, 0.4) is 0 Å². The second-order valence-electron chi connectivity index (χ2n) is 7.51. The standard InChI is InChI=1S/C22H44O2/c1-4-5-6-7-8-9-10-11-12-13-14-15-16-17-18-19-20-21(2)24-22(3)23/h21H,4-20H2,1-3H3. The van der Waals surface area contributed by atoms with Crippen molar-refractivity contribution in [1.82, 2.24) is 0 Å². The molecule has 0 radical (unpaired) electrons. The summed E-state index contributed by atoms with van der Waals surface area (Å²) in [5.41, 5.74) is 0. The summed E-state index contributed by atoms with van der Waals surface area (Å²) in [5, 5.41) is 0. The Labute approximate surface area is 152 Å². The third-order valence-electron chi connectivity index (χ3n) is 4.83. The topological polar surface area (TPSA) is 26.3 Å². The third-order valence-corrected chi connectivity index (χ3v) is 4.83. The summed E-state index contributed by atoms with van der Waals surface area (Å²) >= 11 is 0. The zero-order valence-corrected chi connectivity index (χ0v) is 16.9. The molecule has 1 unspecified atom stereocenters. The fourth-order valence-corrected chi connectivity index (χ4v) is 3.32. The molecule has 0 aliphatic rings. The van der Waals surface area contributed by atoms with Gasteiger partial charge < -0.3 is 4.74 Å². The van der Waals surface area contributed by atoms with Gasteiger partial charge in [0.1, 0.15) is 0 Å².